The van der Waals surface area contributed by atoms with Crippen LogP contribution in [0.1, 0.15) is 55.6 Å². The van der Waals surface area contributed by atoms with Crippen molar-refractivity contribution >= 4 is 28.9 Å². The fourth-order valence-electron chi connectivity index (χ4n) is 4.41. The topological polar surface area (TPSA) is 88.8 Å². The third-order valence-corrected chi connectivity index (χ3v) is 5.98. The molecule has 3 amide bonds. The number of benzene rings is 1. The van der Waals surface area contributed by atoms with E-state index in [-0.39, 0.29) is 30.7 Å². The lowest BCUT2D eigenvalue weighted by atomic mass is 9.73. The Bertz CT molecular complexity index is 949. The first-order chi connectivity index (χ1) is 13.5. The molecule has 2 aliphatic rings. The molecule has 2 heterocycles. The molecular formula is C21H24N2O5. The van der Waals surface area contributed by atoms with E-state index in [9.17, 15) is 14.4 Å². The molecule has 1 saturated heterocycles. The maximum Gasteiger partial charge on any atom is 0.374 e. The van der Waals surface area contributed by atoms with Crippen molar-refractivity contribution in [1.29, 1.82) is 0 Å². The van der Waals surface area contributed by atoms with E-state index in [2.05, 4.69) is 5.32 Å². The van der Waals surface area contributed by atoms with Gasteiger partial charge in [-0.15, -0.1) is 0 Å². The zero-order chi connectivity index (χ0) is 19.9. The molecule has 7 heteroatoms. The van der Waals surface area contributed by atoms with Crippen LogP contribution in [-0.4, -0.2) is 35.0 Å². The molecule has 1 spiro atoms. The van der Waals surface area contributed by atoms with Crippen molar-refractivity contribution in [1.82, 2.24) is 10.2 Å². The normalized spacial score (nSPS) is 24.8. The number of furan rings is 1. The summed E-state index contributed by atoms with van der Waals surface area (Å²) in [7, 11) is 0. The van der Waals surface area contributed by atoms with Gasteiger partial charge in [-0.3, -0.25) is 9.69 Å². The van der Waals surface area contributed by atoms with Gasteiger partial charge in [0.25, 0.3) is 5.91 Å². The molecule has 1 aliphatic carbocycles. The van der Waals surface area contributed by atoms with Crippen LogP contribution in [0.3, 0.4) is 0 Å². The third kappa shape index (κ3) is 2.77. The number of para-hydroxylation sites is 1. The number of hydrogen-bond donors (Lipinski definition) is 1. The minimum absolute atomic E-state index is 0.0235. The van der Waals surface area contributed by atoms with Gasteiger partial charge in [0.15, 0.2) is 0 Å². The molecule has 4 rings (SSSR count). The lowest BCUT2D eigenvalue weighted by Crippen LogP contribution is -2.53. The van der Waals surface area contributed by atoms with E-state index >= 15 is 0 Å². The number of urea groups is 1. The Kier molecular flexibility index (Phi) is 4.61. The lowest BCUT2D eigenvalue weighted by Gasteiger charge is -2.36. The van der Waals surface area contributed by atoms with Crippen LogP contribution in [0.15, 0.2) is 28.7 Å². The van der Waals surface area contributed by atoms with Crippen molar-refractivity contribution < 1.29 is 23.5 Å². The maximum absolute atomic E-state index is 13.3. The van der Waals surface area contributed by atoms with Crippen LogP contribution < -0.4 is 5.32 Å². The van der Waals surface area contributed by atoms with E-state index in [1.807, 2.05) is 19.1 Å². The highest BCUT2D eigenvalue weighted by Gasteiger charge is 2.55. The van der Waals surface area contributed by atoms with Gasteiger partial charge in [0.1, 0.15) is 11.1 Å². The van der Waals surface area contributed by atoms with Gasteiger partial charge in [-0.1, -0.05) is 38.0 Å². The van der Waals surface area contributed by atoms with Crippen LogP contribution in [0.25, 0.3) is 11.0 Å². The minimum atomic E-state index is -0.834. The Hall–Kier alpha value is -2.83. The summed E-state index contributed by atoms with van der Waals surface area (Å²) in [6, 6.07) is 6.77. The Labute approximate surface area is 163 Å². The second-order valence-electron chi connectivity index (χ2n) is 7.57. The summed E-state index contributed by atoms with van der Waals surface area (Å²) in [5.41, 5.74) is 0.185. The molecule has 0 unspecified atom stereocenters. The predicted molar refractivity (Wildman–Crippen MR) is 102 cm³/mol. The number of amides is 3. The summed E-state index contributed by atoms with van der Waals surface area (Å²) < 4.78 is 10.8. The summed E-state index contributed by atoms with van der Waals surface area (Å²) in [5.74, 6) is -0.694. The molecule has 2 atom stereocenters. The highest BCUT2D eigenvalue weighted by atomic mass is 16.5. The summed E-state index contributed by atoms with van der Waals surface area (Å²) >= 11 is 0. The largest absolute Gasteiger partial charge is 0.460 e. The molecule has 0 radical (unpaired) electrons. The van der Waals surface area contributed by atoms with Crippen molar-refractivity contribution in [3.05, 3.63) is 35.6 Å². The number of ether oxygens (including phenoxy) is 1. The highest BCUT2D eigenvalue weighted by Crippen LogP contribution is 2.39. The summed E-state index contributed by atoms with van der Waals surface area (Å²) in [6.45, 7) is 3.91. The minimum Gasteiger partial charge on any atom is -0.460 e. The zero-order valence-corrected chi connectivity index (χ0v) is 16.1. The van der Waals surface area contributed by atoms with Gasteiger partial charge in [0, 0.05) is 10.9 Å². The first-order valence-corrected chi connectivity index (χ1v) is 9.79. The molecule has 1 saturated carbocycles. The first kappa shape index (κ1) is 18.5. The van der Waals surface area contributed by atoms with Gasteiger partial charge >= 0.3 is 12.0 Å². The number of carbonyl (C=O) groups excluding carboxylic acids is 3. The van der Waals surface area contributed by atoms with Crippen molar-refractivity contribution in [3.8, 4) is 0 Å². The van der Waals surface area contributed by atoms with Gasteiger partial charge < -0.3 is 14.5 Å². The molecule has 1 aliphatic heterocycles. The van der Waals surface area contributed by atoms with Gasteiger partial charge in [-0.05, 0) is 31.7 Å². The quantitative estimate of drug-likeness (QED) is 0.643. The van der Waals surface area contributed by atoms with Crippen LogP contribution in [0.4, 0.5) is 4.79 Å². The Balaban J connectivity index is 1.72. The molecule has 1 N–H and O–H groups in total. The van der Waals surface area contributed by atoms with Gasteiger partial charge in [-0.25, -0.2) is 9.59 Å². The average Bonchev–Trinajstić information content (AvgIpc) is 3.16. The molecular weight excluding hydrogens is 360 g/mol. The van der Waals surface area contributed by atoms with Crippen molar-refractivity contribution in [2.45, 2.75) is 51.6 Å². The monoisotopic (exact) mass is 384 g/mol. The lowest BCUT2D eigenvalue weighted by molar-refractivity contribution is -0.134. The number of imide groups is 1. The van der Waals surface area contributed by atoms with Crippen LogP contribution in [0, 0.1) is 5.92 Å². The summed E-state index contributed by atoms with van der Waals surface area (Å²) in [4.78, 5) is 39.6. The van der Waals surface area contributed by atoms with Crippen LogP contribution >= 0.6 is 0 Å². The fraction of sp³-hybridized carbons (Fsp3) is 0.476. The summed E-state index contributed by atoms with van der Waals surface area (Å²) in [6.07, 6.45) is 3.52. The molecule has 0 bridgehead atoms. The Morgan fingerprint density at radius 1 is 1.32 bits per heavy atom. The molecule has 7 nitrogen and oxygen atoms in total. The average molecular weight is 384 g/mol. The van der Waals surface area contributed by atoms with Crippen LogP contribution in [0.2, 0.25) is 0 Å². The number of nitrogens with one attached hydrogen (secondary N) is 1. The van der Waals surface area contributed by atoms with Crippen molar-refractivity contribution in [2.24, 2.45) is 5.92 Å². The molecule has 2 aromatic rings. The smallest absolute Gasteiger partial charge is 0.374 e. The molecule has 148 valence electrons. The standard InChI is InChI=1S/C21H24N2O5/c1-3-27-18(24)17-15(14-9-4-5-10-16(14)28-17)12-23-19(25)21(22-20(23)26)11-7-6-8-13(21)2/h4-5,9-10,13H,3,6-8,11-12H2,1-2H3,(H,22,26)/t13-,21+/m1/s1. The fourth-order valence-corrected chi connectivity index (χ4v) is 4.41. The third-order valence-electron chi connectivity index (χ3n) is 5.98. The van der Waals surface area contributed by atoms with Crippen LogP contribution in [-0.2, 0) is 16.1 Å². The maximum atomic E-state index is 13.3. The SMILES string of the molecule is CCOC(=O)c1oc2ccccc2c1CN1C(=O)N[C@]2(CCCC[C@H]2C)C1=O. The highest BCUT2D eigenvalue weighted by molar-refractivity contribution is 6.08. The van der Waals surface area contributed by atoms with E-state index in [1.54, 1.807) is 19.1 Å². The number of hydrogen-bond acceptors (Lipinski definition) is 5. The van der Waals surface area contributed by atoms with Gasteiger partial charge in [0.05, 0.1) is 13.2 Å². The summed E-state index contributed by atoms with van der Waals surface area (Å²) in [5, 5.41) is 3.64. The number of rotatable bonds is 4. The van der Waals surface area contributed by atoms with E-state index in [1.165, 1.54) is 4.90 Å². The van der Waals surface area contributed by atoms with E-state index in [4.69, 9.17) is 9.15 Å². The van der Waals surface area contributed by atoms with E-state index < -0.39 is 17.5 Å². The second-order valence-corrected chi connectivity index (χ2v) is 7.57. The van der Waals surface area contributed by atoms with E-state index in [0.717, 1.165) is 19.3 Å². The number of fused-ring (bicyclic) bond motifs is 1. The molecule has 1 aromatic carbocycles. The molecule has 1 aromatic heterocycles. The Morgan fingerprint density at radius 3 is 2.86 bits per heavy atom. The number of esters is 1. The van der Waals surface area contributed by atoms with E-state index in [0.29, 0.717) is 23.0 Å². The van der Waals surface area contributed by atoms with Crippen molar-refractivity contribution in [3.63, 3.8) is 0 Å². The zero-order valence-electron chi connectivity index (χ0n) is 16.1. The van der Waals surface area contributed by atoms with Crippen molar-refractivity contribution in [2.75, 3.05) is 6.61 Å². The molecule has 28 heavy (non-hydrogen) atoms. The first-order valence-electron chi connectivity index (χ1n) is 9.79. The predicted octanol–water partition coefficient (Wildman–Crippen LogP) is 3.61. The Morgan fingerprint density at radius 2 is 2.11 bits per heavy atom. The number of carbonyl (C=O) groups is 3. The van der Waals surface area contributed by atoms with Gasteiger partial charge in [0.2, 0.25) is 5.76 Å². The van der Waals surface area contributed by atoms with Gasteiger partial charge in [-0.2, -0.15) is 0 Å². The van der Waals surface area contributed by atoms with Crippen LogP contribution in [0.5, 0.6) is 0 Å². The number of nitrogens with zero attached hydrogens (tertiary/aromatic N) is 1. The molecule has 2 fully saturated rings. The second kappa shape index (κ2) is 6.96.